The third kappa shape index (κ3) is 3.17. The number of imidazole rings is 1. The van der Waals surface area contributed by atoms with E-state index in [0.717, 1.165) is 16.4 Å². The van der Waals surface area contributed by atoms with E-state index in [2.05, 4.69) is 42.3 Å². The van der Waals surface area contributed by atoms with E-state index in [4.69, 9.17) is 0 Å². The van der Waals surface area contributed by atoms with E-state index in [0.29, 0.717) is 13.1 Å². The van der Waals surface area contributed by atoms with Gasteiger partial charge in [0, 0.05) is 25.5 Å². The lowest BCUT2D eigenvalue weighted by Gasteiger charge is -2.18. The molecule has 24 heavy (non-hydrogen) atoms. The van der Waals surface area contributed by atoms with E-state index in [1.807, 2.05) is 10.8 Å². The summed E-state index contributed by atoms with van der Waals surface area (Å²) in [5, 5.41) is 3.00. The molecule has 0 spiro atoms. The van der Waals surface area contributed by atoms with Crippen LogP contribution in [-0.2, 0) is 4.79 Å². The first-order chi connectivity index (χ1) is 11.5. The fraction of sp³-hybridized carbons (Fsp3) is 0.353. The molecule has 1 aliphatic rings. The zero-order valence-electron chi connectivity index (χ0n) is 13.9. The summed E-state index contributed by atoms with van der Waals surface area (Å²) in [6.45, 7) is 6.86. The second kappa shape index (κ2) is 6.68. The summed E-state index contributed by atoms with van der Waals surface area (Å²) in [6.07, 6.45) is 3.61. The summed E-state index contributed by atoms with van der Waals surface area (Å²) < 4.78 is 1.98. The van der Waals surface area contributed by atoms with Crippen molar-refractivity contribution in [2.75, 3.05) is 13.1 Å². The molecule has 2 heterocycles. The van der Waals surface area contributed by atoms with Crippen molar-refractivity contribution in [2.45, 2.75) is 31.2 Å². The monoisotopic (exact) mass is 344 g/mol. The van der Waals surface area contributed by atoms with Gasteiger partial charge in [-0.2, -0.15) is 0 Å². The van der Waals surface area contributed by atoms with Crippen LogP contribution < -0.4 is 5.32 Å². The number of carbonyl (C=O) groups excluding carboxylic acids is 2. The van der Waals surface area contributed by atoms with Gasteiger partial charge in [0.05, 0.1) is 10.9 Å². The van der Waals surface area contributed by atoms with Crippen molar-refractivity contribution in [3.63, 3.8) is 0 Å². The molecule has 1 N–H and O–H groups in total. The normalized spacial score (nSPS) is 15.5. The van der Waals surface area contributed by atoms with Gasteiger partial charge >= 0.3 is 6.03 Å². The molecule has 1 fully saturated rings. The van der Waals surface area contributed by atoms with E-state index in [9.17, 15) is 9.59 Å². The molecule has 126 valence electrons. The first kappa shape index (κ1) is 16.6. The Labute approximate surface area is 145 Å². The highest BCUT2D eigenvalue weighted by Gasteiger charge is 2.30. The number of aromatic nitrogens is 2. The summed E-state index contributed by atoms with van der Waals surface area (Å²) in [5.74, 6) is -0.190. The number of hydrogen-bond acceptors (Lipinski definition) is 4. The van der Waals surface area contributed by atoms with Gasteiger partial charge in [-0.05, 0) is 32.4 Å². The van der Waals surface area contributed by atoms with Gasteiger partial charge in [-0.25, -0.2) is 9.78 Å². The van der Waals surface area contributed by atoms with Gasteiger partial charge in [-0.15, -0.1) is 0 Å². The molecule has 1 aliphatic heterocycles. The predicted molar refractivity (Wildman–Crippen MR) is 93.5 cm³/mol. The zero-order chi connectivity index (χ0) is 17.3. The van der Waals surface area contributed by atoms with Crippen LogP contribution in [-0.4, -0.2) is 44.7 Å². The Morgan fingerprint density at radius 1 is 1.38 bits per heavy atom. The maximum absolute atomic E-state index is 12.4. The molecule has 0 saturated carbocycles. The SMILES string of the molecule is Cc1ccc(-n2ccnc2S[C@H](C)C(=O)N2CCNC2=O)c(C)c1. The molecule has 6 nitrogen and oxygen atoms in total. The Balaban J connectivity index is 1.80. The van der Waals surface area contributed by atoms with Crippen molar-refractivity contribution in [1.29, 1.82) is 0 Å². The van der Waals surface area contributed by atoms with Gasteiger partial charge < -0.3 is 5.32 Å². The highest BCUT2D eigenvalue weighted by atomic mass is 32.2. The van der Waals surface area contributed by atoms with Crippen LogP contribution >= 0.6 is 11.8 Å². The number of hydrogen-bond donors (Lipinski definition) is 1. The third-order valence-corrected chi connectivity index (χ3v) is 5.04. The molecular weight excluding hydrogens is 324 g/mol. The van der Waals surface area contributed by atoms with Gasteiger partial charge in [0.1, 0.15) is 0 Å². The maximum Gasteiger partial charge on any atom is 0.324 e. The molecule has 3 rings (SSSR count). The minimum atomic E-state index is -0.388. The Morgan fingerprint density at radius 2 is 2.17 bits per heavy atom. The van der Waals surface area contributed by atoms with Crippen molar-refractivity contribution in [3.05, 3.63) is 41.7 Å². The number of aryl methyl sites for hydroxylation is 2. The summed E-state index contributed by atoms with van der Waals surface area (Å²) in [6, 6.07) is 5.91. The molecule has 1 aromatic heterocycles. The number of nitrogens with zero attached hydrogens (tertiary/aromatic N) is 3. The van der Waals surface area contributed by atoms with E-state index in [-0.39, 0.29) is 17.2 Å². The van der Waals surface area contributed by atoms with Crippen molar-refractivity contribution in [2.24, 2.45) is 0 Å². The van der Waals surface area contributed by atoms with Crippen LogP contribution in [0.5, 0.6) is 0 Å². The lowest BCUT2D eigenvalue weighted by atomic mass is 10.1. The van der Waals surface area contributed by atoms with Gasteiger partial charge in [0.2, 0.25) is 5.91 Å². The molecule has 7 heteroatoms. The molecule has 3 amide bonds. The predicted octanol–water partition coefficient (Wildman–Crippen LogP) is 2.52. The van der Waals surface area contributed by atoms with Crippen LogP contribution in [0.25, 0.3) is 5.69 Å². The fourth-order valence-corrected chi connectivity index (χ4v) is 3.68. The van der Waals surface area contributed by atoms with Crippen LogP contribution in [0.3, 0.4) is 0 Å². The van der Waals surface area contributed by atoms with Gasteiger partial charge in [-0.1, -0.05) is 29.5 Å². The highest BCUT2D eigenvalue weighted by Crippen LogP contribution is 2.27. The zero-order valence-corrected chi connectivity index (χ0v) is 14.8. The largest absolute Gasteiger partial charge is 0.336 e. The highest BCUT2D eigenvalue weighted by molar-refractivity contribution is 8.00. The molecule has 1 atom stereocenters. The van der Waals surface area contributed by atoms with Gasteiger partial charge in [0.15, 0.2) is 5.16 Å². The maximum atomic E-state index is 12.4. The number of thioether (sulfide) groups is 1. The lowest BCUT2D eigenvalue weighted by Crippen LogP contribution is -2.39. The van der Waals surface area contributed by atoms with Crippen molar-refractivity contribution >= 4 is 23.7 Å². The molecule has 1 aromatic carbocycles. The average molecular weight is 344 g/mol. The van der Waals surface area contributed by atoms with Crippen LogP contribution in [0.4, 0.5) is 4.79 Å². The van der Waals surface area contributed by atoms with E-state index in [1.54, 1.807) is 13.1 Å². The number of imide groups is 1. The standard InChI is InChI=1S/C17H20N4O2S/c1-11-4-5-14(12(2)10-11)20-8-7-19-17(20)24-13(3)15(22)21-9-6-18-16(21)23/h4-5,7-8,10,13H,6,9H2,1-3H3,(H,18,23)/t13-/m1/s1. The van der Waals surface area contributed by atoms with E-state index >= 15 is 0 Å². The molecule has 2 aromatic rings. The molecule has 0 aliphatic carbocycles. The van der Waals surface area contributed by atoms with E-state index in [1.165, 1.54) is 22.2 Å². The summed E-state index contributed by atoms with van der Waals surface area (Å²) in [7, 11) is 0. The van der Waals surface area contributed by atoms with Gasteiger partial charge in [-0.3, -0.25) is 14.3 Å². The molecular formula is C17H20N4O2S. The average Bonchev–Trinajstić information content (AvgIpc) is 3.15. The first-order valence-corrected chi connectivity index (χ1v) is 8.72. The fourth-order valence-electron chi connectivity index (χ4n) is 2.75. The number of benzene rings is 1. The molecule has 0 bridgehead atoms. The van der Waals surface area contributed by atoms with Crippen LogP contribution in [0.1, 0.15) is 18.1 Å². The number of amides is 3. The number of nitrogens with one attached hydrogen (secondary N) is 1. The Morgan fingerprint density at radius 3 is 2.83 bits per heavy atom. The Bertz CT molecular complexity index is 787. The summed E-state index contributed by atoms with van der Waals surface area (Å²) in [4.78, 5) is 29.7. The van der Waals surface area contributed by atoms with Gasteiger partial charge in [0.25, 0.3) is 0 Å². The molecule has 0 radical (unpaired) electrons. The molecule has 0 unspecified atom stereocenters. The smallest absolute Gasteiger partial charge is 0.324 e. The van der Waals surface area contributed by atoms with Crippen LogP contribution in [0.15, 0.2) is 35.7 Å². The number of carbonyl (C=O) groups is 2. The summed E-state index contributed by atoms with van der Waals surface area (Å²) >= 11 is 1.36. The third-order valence-electron chi connectivity index (χ3n) is 3.97. The lowest BCUT2D eigenvalue weighted by molar-refractivity contribution is -0.126. The van der Waals surface area contributed by atoms with Crippen molar-refractivity contribution in [3.8, 4) is 5.69 Å². The summed E-state index contributed by atoms with van der Waals surface area (Å²) in [5.41, 5.74) is 3.39. The Kier molecular flexibility index (Phi) is 4.62. The first-order valence-electron chi connectivity index (χ1n) is 7.84. The minimum Gasteiger partial charge on any atom is -0.336 e. The van der Waals surface area contributed by atoms with Crippen molar-refractivity contribution < 1.29 is 9.59 Å². The number of urea groups is 1. The quantitative estimate of drug-likeness (QED) is 0.866. The second-order valence-corrected chi connectivity index (χ2v) is 7.16. The Hall–Kier alpha value is -2.28. The van der Waals surface area contributed by atoms with Crippen molar-refractivity contribution in [1.82, 2.24) is 19.8 Å². The topological polar surface area (TPSA) is 67.2 Å². The van der Waals surface area contributed by atoms with Crippen LogP contribution in [0.2, 0.25) is 0 Å². The van der Waals surface area contributed by atoms with Crippen LogP contribution in [0, 0.1) is 13.8 Å². The van der Waals surface area contributed by atoms with E-state index < -0.39 is 0 Å². The number of rotatable bonds is 4. The minimum absolute atomic E-state index is 0.190. The molecule has 1 saturated heterocycles. The second-order valence-electron chi connectivity index (χ2n) is 5.85.